The first-order valence-electron chi connectivity index (χ1n) is 6.28. The molecule has 0 amide bonds. The predicted molar refractivity (Wildman–Crippen MR) is 68.2 cm³/mol. The van der Waals surface area contributed by atoms with Crippen LogP contribution in [0.1, 0.15) is 30.3 Å². The molecule has 0 atom stereocenters. The molecule has 0 unspecified atom stereocenters. The SMILES string of the molecule is Fc1ccc(C(F)(F)F)cc1-c1nnc(CCl)n1C1CC1. The first-order valence-corrected chi connectivity index (χ1v) is 6.82. The van der Waals surface area contributed by atoms with E-state index >= 15 is 0 Å². The van der Waals surface area contributed by atoms with Crippen LogP contribution in [0.2, 0.25) is 0 Å². The number of hydrogen-bond acceptors (Lipinski definition) is 2. The van der Waals surface area contributed by atoms with Gasteiger partial charge in [0, 0.05) is 6.04 Å². The monoisotopic (exact) mass is 319 g/mol. The summed E-state index contributed by atoms with van der Waals surface area (Å²) in [6.45, 7) is 0. The molecule has 0 bridgehead atoms. The Morgan fingerprint density at radius 1 is 1.24 bits per heavy atom. The number of aromatic nitrogens is 3. The van der Waals surface area contributed by atoms with Crippen LogP contribution in [0.5, 0.6) is 0 Å². The van der Waals surface area contributed by atoms with E-state index in [1.807, 2.05) is 0 Å². The smallest absolute Gasteiger partial charge is 0.307 e. The van der Waals surface area contributed by atoms with Crippen molar-refractivity contribution in [3.63, 3.8) is 0 Å². The molecule has 1 aliphatic carbocycles. The van der Waals surface area contributed by atoms with Crippen LogP contribution in [0.25, 0.3) is 11.4 Å². The highest BCUT2D eigenvalue weighted by atomic mass is 35.5. The van der Waals surface area contributed by atoms with E-state index in [4.69, 9.17) is 11.6 Å². The molecule has 0 saturated heterocycles. The molecule has 0 aliphatic heterocycles. The second kappa shape index (κ2) is 4.98. The number of hydrogen-bond donors (Lipinski definition) is 0. The molecule has 2 aromatic rings. The van der Waals surface area contributed by atoms with Gasteiger partial charge in [0.1, 0.15) is 11.6 Å². The van der Waals surface area contributed by atoms with Crippen molar-refractivity contribution in [3.05, 3.63) is 35.4 Å². The minimum Gasteiger partial charge on any atom is -0.307 e. The molecule has 1 aromatic heterocycles. The lowest BCUT2D eigenvalue weighted by Crippen LogP contribution is -2.07. The fourth-order valence-electron chi connectivity index (χ4n) is 2.19. The fraction of sp³-hybridized carbons (Fsp3) is 0.385. The Kier molecular flexibility index (Phi) is 3.39. The Bertz CT molecular complexity index is 677. The summed E-state index contributed by atoms with van der Waals surface area (Å²) < 4.78 is 53.9. The van der Waals surface area contributed by atoms with Crippen molar-refractivity contribution in [2.45, 2.75) is 30.9 Å². The van der Waals surface area contributed by atoms with Gasteiger partial charge in [-0.25, -0.2) is 4.39 Å². The minimum absolute atomic E-state index is 0.0735. The highest BCUT2D eigenvalue weighted by Gasteiger charge is 2.34. The summed E-state index contributed by atoms with van der Waals surface area (Å²) in [7, 11) is 0. The van der Waals surface area contributed by atoms with Crippen LogP contribution in [0.15, 0.2) is 18.2 Å². The van der Waals surface area contributed by atoms with Gasteiger partial charge >= 0.3 is 6.18 Å². The molecule has 21 heavy (non-hydrogen) atoms. The van der Waals surface area contributed by atoms with Gasteiger partial charge in [0.25, 0.3) is 0 Å². The number of benzene rings is 1. The number of halogens is 5. The van der Waals surface area contributed by atoms with Crippen molar-refractivity contribution < 1.29 is 17.6 Å². The molecule has 112 valence electrons. The van der Waals surface area contributed by atoms with Crippen LogP contribution in [-0.2, 0) is 12.1 Å². The average molecular weight is 320 g/mol. The molecule has 0 N–H and O–H groups in total. The Hall–Kier alpha value is -1.63. The lowest BCUT2D eigenvalue weighted by molar-refractivity contribution is -0.137. The molecule has 1 saturated carbocycles. The maximum atomic E-state index is 13.9. The molecule has 1 heterocycles. The summed E-state index contributed by atoms with van der Waals surface area (Å²) in [5.74, 6) is -0.162. The van der Waals surface area contributed by atoms with E-state index in [-0.39, 0.29) is 23.3 Å². The van der Waals surface area contributed by atoms with Gasteiger partial charge in [-0.15, -0.1) is 21.8 Å². The Labute approximate surface area is 122 Å². The van der Waals surface area contributed by atoms with E-state index in [1.54, 1.807) is 4.57 Å². The van der Waals surface area contributed by atoms with Crippen LogP contribution >= 0.6 is 11.6 Å². The molecular formula is C13H10ClF4N3. The first-order chi connectivity index (χ1) is 9.91. The van der Waals surface area contributed by atoms with Crippen molar-refractivity contribution in [2.24, 2.45) is 0 Å². The number of nitrogens with zero attached hydrogens (tertiary/aromatic N) is 3. The van der Waals surface area contributed by atoms with Gasteiger partial charge in [0.05, 0.1) is 17.0 Å². The Morgan fingerprint density at radius 3 is 2.52 bits per heavy atom. The van der Waals surface area contributed by atoms with Crippen LogP contribution < -0.4 is 0 Å². The summed E-state index contributed by atoms with van der Waals surface area (Å²) in [5.41, 5.74) is -1.13. The third kappa shape index (κ3) is 2.62. The summed E-state index contributed by atoms with van der Waals surface area (Å²) in [6.07, 6.45) is -2.83. The fourth-order valence-corrected chi connectivity index (χ4v) is 2.37. The average Bonchev–Trinajstić information content (AvgIpc) is 3.17. The van der Waals surface area contributed by atoms with E-state index in [0.717, 1.165) is 25.0 Å². The van der Waals surface area contributed by atoms with E-state index in [9.17, 15) is 17.6 Å². The van der Waals surface area contributed by atoms with Crippen LogP contribution in [0.4, 0.5) is 17.6 Å². The van der Waals surface area contributed by atoms with Crippen molar-refractivity contribution >= 4 is 11.6 Å². The van der Waals surface area contributed by atoms with Crippen molar-refractivity contribution in [1.82, 2.24) is 14.8 Å². The van der Waals surface area contributed by atoms with Crippen molar-refractivity contribution in [1.29, 1.82) is 0 Å². The van der Waals surface area contributed by atoms with Gasteiger partial charge in [-0.2, -0.15) is 13.2 Å². The quantitative estimate of drug-likeness (QED) is 0.628. The largest absolute Gasteiger partial charge is 0.416 e. The Morgan fingerprint density at radius 2 is 1.95 bits per heavy atom. The van der Waals surface area contributed by atoms with Crippen LogP contribution in [0.3, 0.4) is 0 Å². The van der Waals surface area contributed by atoms with E-state index < -0.39 is 17.6 Å². The summed E-state index contributed by atoms with van der Waals surface area (Å²) >= 11 is 5.75. The molecule has 0 radical (unpaired) electrons. The maximum Gasteiger partial charge on any atom is 0.416 e. The molecule has 1 aliphatic rings. The van der Waals surface area contributed by atoms with Gasteiger partial charge in [-0.1, -0.05) is 0 Å². The zero-order chi connectivity index (χ0) is 15.2. The standard InChI is InChI=1S/C13H10ClF4N3/c14-6-11-19-20-12(21(11)8-2-3-8)9-5-7(13(16,17)18)1-4-10(9)15/h1,4-5,8H,2-3,6H2. The van der Waals surface area contributed by atoms with Gasteiger partial charge < -0.3 is 4.57 Å². The summed E-state index contributed by atoms with van der Waals surface area (Å²) in [4.78, 5) is 0. The molecule has 1 fully saturated rings. The third-order valence-corrected chi connectivity index (χ3v) is 3.57. The van der Waals surface area contributed by atoms with E-state index in [1.165, 1.54) is 0 Å². The predicted octanol–water partition coefficient (Wildman–Crippen LogP) is 4.18. The van der Waals surface area contributed by atoms with Crippen LogP contribution in [-0.4, -0.2) is 14.8 Å². The molecule has 8 heteroatoms. The topological polar surface area (TPSA) is 30.7 Å². The van der Waals surface area contributed by atoms with Gasteiger partial charge in [0.15, 0.2) is 5.82 Å². The normalized spacial score (nSPS) is 15.5. The zero-order valence-corrected chi connectivity index (χ0v) is 11.4. The highest BCUT2D eigenvalue weighted by molar-refractivity contribution is 6.16. The van der Waals surface area contributed by atoms with E-state index in [2.05, 4.69) is 10.2 Å². The second-order valence-corrected chi connectivity index (χ2v) is 5.13. The van der Waals surface area contributed by atoms with Crippen LogP contribution in [0, 0.1) is 5.82 Å². The molecule has 3 nitrogen and oxygen atoms in total. The third-order valence-electron chi connectivity index (χ3n) is 3.33. The Balaban J connectivity index is 2.14. The molecule has 3 rings (SSSR count). The van der Waals surface area contributed by atoms with Gasteiger partial charge in [0.2, 0.25) is 0 Å². The van der Waals surface area contributed by atoms with Crippen molar-refractivity contribution in [2.75, 3.05) is 0 Å². The summed E-state index contributed by atoms with van der Waals surface area (Å²) in [6, 6.07) is 2.34. The molecule has 0 spiro atoms. The second-order valence-electron chi connectivity index (χ2n) is 4.87. The van der Waals surface area contributed by atoms with Gasteiger partial charge in [-0.05, 0) is 31.0 Å². The lowest BCUT2D eigenvalue weighted by Gasteiger charge is -2.11. The van der Waals surface area contributed by atoms with Crippen molar-refractivity contribution in [3.8, 4) is 11.4 Å². The molecule has 1 aromatic carbocycles. The maximum absolute atomic E-state index is 13.9. The van der Waals surface area contributed by atoms with Gasteiger partial charge in [-0.3, -0.25) is 0 Å². The lowest BCUT2D eigenvalue weighted by atomic mass is 10.1. The first kappa shape index (κ1) is 14.3. The zero-order valence-electron chi connectivity index (χ0n) is 10.7. The van der Waals surface area contributed by atoms with E-state index in [0.29, 0.717) is 11.9 Å². The molecular weight excluding hydrogens is 310 g/mol. The minimum atomic E-state index is -4.54. The number of alkyl halides is 4. The number of rotatable bonds is 3. The highest BCUT2D eigenvalue weighted by Crippen LogP contribution is 2.40. The summed E-state index contributed by atoms with van der Waals surface area (Å²) in [5, 5.41) is 7.66.